The number of rotatable bonds is 10. The van der Waals surface area contributed by atoms with Crippen molar-refractivity contribution >= 4 is 29.7 Å². The van der Waals surface area contributed by atoms with Crippen LogP contribution in [0.15, 0.2) is 48.5 Å². The largest absolute Gasteiger partial charge is 0.481 e. The Morgan fingerprint density at radius 2 is 1.63 bits per heavy atom. The minimum Gasteiger partial charge on any atom is -0.481 e. The van der Waals surface area contributed by atoms with Crippen molar-refractivity contribution in [2.75, 3.05) is 44.4 Å². The van der Waals surface area contributed by atoms with Crippen LogP contribution in [0.1, 0.15) is 29.9 Å². The van der Waals surface area contributed by atoms with Gasteiger partial charge in [0, 0.05) is 38.0 Å². The number of hydrogen-bond acceptors (Lipinski definition) is 6. The molecule has 1 heterocycles. The van der Waals surface area contributed by atoms with Gasteiger partial charge < -0.3 is 25.2 Å². The third kappa shape index (κ3) is 5.97. The van der Waals surface area contributed by atoms with Gasteiger partial charge in [-0.3, -0.25) is 9.59 Å². The number of thioether (sulfide) groups is 1. The average Bonchev–Trinajstić information content (AvgIpc) is 3.20. The van der Waals surface area contributed by atoms with Crippen LogP contribution in [0.5, 0.6) is 0 Å². The third-order valence-corrected chi connectivity index (χ3v) is 7.55. The fourth-order valence-corrected chi connectivity index (χ4v) is 5.29. The van der Waals surface area contributed by atoms with Crippen LogP contribution < -0.4 is 10.6 Å². The molecule has 2 aromatic rings. The molecule has 35 heavy (non-hydrogen) atoms. The van der Waals surface area contributed by atoms with Crippen molar-refractivity contribution in [1.29, 1.82) is 0 Å². The summed E-state index contributed by atoms with van der Waals surface area (Å²) in [7, 11) is 0. The zero-order chi connectivity index (χ0) is 24.7. The summed E-state index contributed by atoms with van der Waals surface area (Å²) in [6.45, 7) is 1.61. The van der Waals surface area contributed by atoms with E-state index in [1.54, 1.807) is 0 Å². The summed E-state index contributed by atoms with van der Waals surface area (Å²) in [6.07, 6.45) is 0.428. The van der Waals surface area contributed by atoms with Gasteiger partial charge in [-0.1, -0.05) is 48.5 Å². The van der Waals surface area contributed by atoms with Crippen LogP contribution >= 0.6 is 11.8 Å². The average molecular weight is 499 g/mol. The summed E-state index contributed by atoms with van der Waals surface area (Å²) < 4.78 is 11.1. The minimum absolute atomic E-state index is 0.00179. The second kappa shape index (κ2) is 11.6. The molecule has 9 heteroatoms. The van der Waals surface area contributed by atoms with Gasteiger partial charge in [0.1, 0.15) is 6.61 Å². The SMILES string of the molecule is O=C(O)CSCCNC(=O)C1(CNC(=O)OCC2c3ccccc3-c3ccccc32)CCOCC1. The highest BCUT2D eigenvalue weighted by Gasteiger charge is 2.40. The second-order valence-electron chi connectivity index (χ2n) is 8.77. The Morgan fingerprint density at radius 3 is 2.26 bits per heavy atom. The molecular weight excluding hydrogens is 468 g/mol. The monoisotopic (exact) mass is 498 g/mol. The number of ether oxygens (including phenoxy) is 2. The standard InChI is InChI=1S/C26H30N2O6S/c29-23(30)16-35-14-11-27-24(31)26(9-12-33-13-10-26)17-28-25(32)34-15-22-20-7-3-1-5-18(20)19-6-2-4-8-21(19)22/h1-8,22H,9-17H2,(H,27,31)(H,28,32)(H,29,30). The number of carboxylic acid groups (broad SMARTS) is 1. The lowest BCUT2D eigenvalue weighted by Gasteiger charge is -2.35. The molecule has 0 spiro atoms. The molecule has 0 unspecified atom stereocenters. The number of carbonyl (C=O) groups is 3. The molecule has 2 aliphatic rings. The first kappa shape index (κ1) is 25.1. The summed E-state index contributed by atoms with van der Waals surface area (Å²) in [5.41, 5.74) is 3.83. The summed E-state index contributed by atoms with van der Waals surface area (Å²) in [5, 5.41) is 14.4. The van der Waals surface area contributed by atoms with E-state index in [0.29, 0.717) is 38.4 Å². The highest BCUT2D eigenvalue weighted by molar-refractivity contribution is 7.99. The molecule has 4 rings (SSSR count). The third-order valence-electron chi connectivity index (χ3n) is 6.60. The van der Waals surface area contributed by atoms with Crippen molar-refractivity contribution in [3.63, 3.8) is 0 Å². The lowest BCUT2D eigenvalue weighted by molar-refractivity contribution is -0.136. The zero-order valence-corrected chi connectivity index (χ0v) is 20.3. The molecule has 0 bridgehead atoms. The maximum Gasteiger partial charge on any atom is 0.407 e. The molecule has 1 fully saturated rings. The molecule has 3 N–H and O–H groups in total. The number of carbonyl (C=O) groups excluding carboxylic acids is 2. The molecule has 1 aliphatic carbocycles. The lowest BCUT2D eigenvalue weighted by Crippen LogP contribution is -2.51. The van der Waals surface area contributed by atoms with Gasteiger partial charge >= 0.3 is 12.1 Å². The van der Waals surface area contributed by atoms with E-state index in [4.69, 9.17) is 14.6 Å². The van der Waals surface area contributed by atoms with Crippen molar-refractivity contribution < 1.29 is 29.0 Å². The number of amides is 2. The van der Waals surface area contributed by atoms with E-state index in [9.17, 15) is 14.4 Å². The number of aliphatic carboxylic acids is 1. The predicted octanol–water partition coefficient (Wildman–Crippen LogP) is 3.26. The van der Waals surface area contributed by atoms with Gasteiger partial charge in [-0.2, -0.15) is 0 Å². The van der Waals surface area contributed by atoms with Gasteiger partial charge in [-0.05, 0) is 35.1 Å². The van der Waals surface area contributed by atoms with Crippen molar-refractivity contribution in [2.24, 2.45) is 5.41 Å². The molecule has 1 aliphatic heterocycles. The van der Waals surface area contributed by atoms with Crippen molar-refractivity contribution in [2.45, 2.75) is 18.8 Å². The van der Waals surface area contributed by atoms with Crippen LogP contribution in [0.3, 0.4) is 0 Å². The van der Waals surface area contributed by atoms with Gasteiger partial charge in [0.05, 0.1) is 11.2 Å². The van der Waals surface area contributed by atoms with E-state index in [1.165, 1.54) is 11.8 Å². The first-order valence-electron chi connectivity index (χ1n) is 11.7. The molecule has 1 saturated heterocycles. The second-order valence-corrected chi connectivity index (χ2v) is 9.88. The molecule has 0 aromatic heterocycles. The smallest absolute Gasteiger partial charge is 0.407 e. The summed E-state index contributed by atoms with van der Waals surface area (Å²) in [5.74, 6) is -0.565. The number of nitrogens with one attached hydrogen (secondary N) is 2. The van der Waals surface area contributed by atoms with Crippen LogP contribution in [-0.2, 0) is 19.1 Å². The maximum atomic E-state index is 13.0. The number of hydrogen-bond donors (Lipinski definition) is 3. The Balaban J connectivity index is 1.32. The number of benzene rings is 2. The Morgan fingerprint density at radius 1 is 1.00 bits per heavy atom. The van der Waals surface area contributed by atoms with Crippen LogP contribution in [0.4, 0.5) is 4.79 Å². The summed E-state index contributed by atoms with van der Waals surface area (Å²) >= 11 is 1.25. The van der Waals surface area contributed by atoms with E-state index < -0.39 is 17.5 Å². The Hall–Kier alpha value is -3.04. The normalized spacial score (nSPS) is 16.1. The van der Waals surface area contributed by atoms with Crippen molar-refractivity contribution in [1.82, 2.24) is 10.6 Å². The van der Waals surface area contributed by atoms with Crippen LogP contribution in [0.25, 0.3) is 11.1 Å². The van der Waals surface area contributed by atoms with Gasteiger partial charge in [-0.15, -0.1) is 11.8 Å². The van der Waals surface area contributed by atoms with E-state index >= 15 is 0 Å². The Labute approximate surface area is 208 Å². The molecule has 186 valence electrons. The molecular formula is C26H30N2O6S. The highest BCUT2D eigenvalue weighted by Crippen LogP contribution is 2.44. The number of carboxylic acids is 1. The summed E-state index contributed by atoms with van der Waals surface area (Å²) in [6, 6.07) is 16.3. The minimum atomic E-state index is -0.880. The quantitative estimate of drug-likeness (QED) is 0.431. The van der Waals surface area contributed by atoms with Gasteiger partial charge in [0.25, 0.3) is 0 Å². The number of fused-ring (bicyclic) bond motifs is 3. The Bertz CT molecular complexity index is 1020. The molecule has 0 saturated carbocycles. The fraction of sp³-hybridized carbons (Fsp3) is 0.423. The van der Waals surface area contributed by atoms with E-state index in [0.717, 1.165) is 22.3 Å². The van der Waals surface area contributed by atoms with Crippen molar-refractivity contribution in [3.8, 4) is 11.1 Å². The molecule has 0 radical (unpaired) electrons. The first-order chi connectivity index (χ1) is 17.0. The van der Waals surface area contributed by atoms with Crippen LogP contribution in [0, 0.1) is 5.41 Å². The summed E-state index contributed by atoms with van der Waals surface area (Å²) in [4.78, 5) is 36.3. The molecule has 0 atom stereocenters. The highest BCUT2D eigenvalue weighted by atomic mass is 32.2. The van der Waals surface area contributed by atoms with Gasteiger partial charge in [0.2, 0.25) is 5.91 Å². The van der Waals surface area contributed by atoms with Crippen LogP contribution in [-0.4, -0.2) is 67.5 Å². The van der Waals surface area contributed by atoms with E-state index in [1.807, 2.05) is 24.3 Å². The van der Waals surface area contributed by atoms with Gasteiger partial charge in [0.15, 0.2) is 0 Å². The molecule has 2 amide bonds. The van der Waals surface area contributed by atoms with E-state index in [2.05, 4.69) is 34.9 Å². The Kier molecular flexibility index (Phi) is 8.30. The predicted molar refractivity (Wildman–Crippen MR) is 134 cm³/mol. The first-order valence-corrected chi connectivity index (χ1v) is 12.9. The number of alkyl carbamates (subject to hydrolysis) is 1. The fourth-order valence-electron chi connectivity index (χ4n) is 4.72. The lowest BCUT2D eigenvalue weighted by atomic mass is 9.79. The topological polar surface area (TPSA) is 114 Å². The zero-order valence-electron chi connectivity index (χ0n) is 19.5. The molecule has 8 nitrogen and oxygen atoms in total. The maximum absolute atomic E-state index is 13.0. The van der Waals surface area contributed by atoms with Gasteiger partial charge in [-0.25, -0.2) is 4.79 Å². The van der Waals surface area contributed by atoms with Crippen LogP contribution in [0.2, 0.25) is 0 Å². The molecule has 2 aromatic carbocycles. The van der Waals surface area contributed by atoms with E-state index in [-0.39, 0.29) is 30.7 Å². The van der Waals surface area contributed by atoms with Crippen molar-refractivity contribution in [3.05, 3.63) is 59.7 Å².